The van der Waals surface area contributed by atoms with Gasteiger partial charge in [0.15, 0.2) is 0 Å². The molecule has 2 aromatic rings. The number of hydrogen-bond acceptors (Lipinski definition) is 4. The molecular weight excluding hydrogens is 372 g/mol. The molecule has 0 spiro atoms. The van der Waals surface area contributed by atoms with Gasteiger partial charge in [0, 0.05) is 25.7 Å². The van der Waals surface area contributed by atoms with Gasteiger partial charge in [0.25, 0.3) is 0 Å². The Labute approximate surface area is 168 Å². The first-order valence-corrected chi connectivity index (χ1v) is 11.4. The number of hydrogen-bond donors (Lipinski definition) is 2. The van der Waals surface area contributed by atoms with Crippen molar-refractivity contribution in [2.75, 3.05) is 19.7 Å². The van der Waals surface area contributed by atoms with E-state index in [0.717, 1.165) is 30.5 Å². The molecule has 6 heteroatoms. The van der Waals surface area contributed by atoms with Crippen molar-refractivity contribution < 1.29 is 13.5 Å². The minimum Gasteiger partial charge on any atom is -0.396 e. The van der Waals surface area contributed by atoms with Crippen molar-refractivity contribution in [1.29, 1.82) is 0 Å². The summed E-state index contributed by atoms with van der Waals surface area (Å²) in [5, 5.41) is 9.57. The first-order chi connectivity index (χ1) is 13.4. The smallest absolute Gasteiger partial charge is 0.241 e. The molecule has 0 aromatic heterocycles. The molecular formula is C22H30N2O3S. The van der Waals surface area contributed by atoms with E-state index in [0.29, 0.717) is 12.6 Å². The number of benzene rings is 2. The highest BCUT2D eigenvalue weighted by molar-refractivity contribution is 7.89. The van der Waals surface area contributed by atoms with Gasteiger partial charge in [0.2, 0.25) is 10.0 Å². The molecule has 1 saturated heterocycles. The molecule has 3 unspecified atom stereocenters. The second-order valence-corrected chi connectivity index (χ2v) is 9.54. The lowest BCUT2D eigenvalue weighted by Gasteiger charge is -2.39. The molecule has 3 rings (SSSR count). The van der Waals surface area contributed by atoms with Crippen LogP contribution in [0.5, 0.6) is 0 Å². The molecule has 0 radical (unpaired) electrons. The Balaban J connectivity index is 1.84. The summed E-state index contributed by atoms with van der Waals surface area (Å²) in [5.74, 6) is 0.251. The molecule has 28 heavy (non-hydrogen) atoms. The van der Waals surface area contributed by atoms with Crippen molar-refractivity contribution in [3.05, 3.63) is 65.7 Å². The Hall–Kier alpha value is -1.73. The van der Waals surface area contributed by atoms with Gasteiger partial charge in [-0.25, -0.2) is 13.1 Å². The van der Waals surface area contributed by atoms with Crippen molar-refractivity contribution in [3.63, 3.8) is 0 Å². The fourth-order valence-corrected chi connectivity index (χ4v) is 4.98. The molecule has 1 aliphatic heterocycles. The summed E-state index contributed by atoms with van der Waals surface area (Å²) in [5.41, 5.74) is 1.97. The number of piperidine rings is 1. The number of nitrogens with zero attached hydrogens (tertiary/aromatic N) is 1. The van der Waals surface area contributed by atoms with E-state index < -0.39 is 10.0 Å². The highest BCUT2D eigenvalue weighted by Crippen LogP contribution is 2.26. The van der Waals surface area contributed by atoms with Gasteiger partial charge in [-0.3, -0.25) is 4.90 Å². The molecule has 152 valence electrons. The second kappa shape index (κ2) is 9.18. The predicted molar refractivity (Wildman–Crippen MR) is 112 cm³/mol. The fraction of sp³-hybridized carbons (Fsp3) is 0.455. The van der Waals surface area contributed by atoms with E-state index >= 15 is 0 Å². The van der Waals surface area contributed by atoms with E-state index in [9.17, 15) is 13.5 Å². The average molecular weight is 403 g/mol. The summed E-state index contributed by atoms with van der Waals surface area (Å²) in [6.07, 6.45) is 2.02. The quantitative estimate of drug-likeness (QED) is 0.747. The minimum atomic E-state index is -3.64. The molecule has 3 atom stereocenters. The number of likely N-dealkylation sites (tertiary alicyclic amines) is 1. The number of aliphatic hydroxyl groups excluding tert-OH is 1. The molecule has 0 amide bonds. The largest absolute Gasteiger partial charge is 0.396 e. The van der Waals surface area contributed by atoms with Gasteiger partial charge in [0.05, 0.1) is 10.9 Å². The second-order valence-electron chi connectivity index (χ2n) is 7.83. The van der Waals surface area contributed by atoms with Crippen LogP contribution in [0.4, 0.5) is 0 Å². The zero-order valence-corrected chi connectivity index (χ0v) is 17.4. The predicted octanol–water partition coefficient (Wildman–Crippen LogP) is 3.11. The van der Waals surface area contributed by atoms with Crippen LogP contribution in [0.25, 0.3) is 0 Å². The number of rotatable bonds is 7. The monoisotopic (exact) mass is 402 g/mol. The summed E-state index contributed by atoms with van der Waals surface area (Å²) < 4.78 is 28.9. The van der Waals surface area contributed by atoms with E-state index in [2.05, 4.69) is 16.5 Å². The van der Waals surface area contributed by atoms with Crippen LogP contribution in [0.3, 0.4) is 0 Å². The third-order valence-corrected chi connectivity index (χ3v) is 7.10. The molecule has 2 aromatic carbocycles. The van der Waals surface area contributed by atoms with Gasteiger partial charge in [-0.05, 0) is 50.3 Å². The maximum Gasteiger partial charge on any atom is 0.241 e. The average Bonchev–Trinajstić information content (AvgIpc) is 2.70. The van der Waals surface area contributed by atoms with Crippen LogP contribution in [-0.4, -0.2) is 44.2 Å². The molecule has 0 bridgehead atoms. The van der Waals surface area contributed by atoms with Crippen molar-refractivity contribution in [3.8, 4) is 0 Å². The zero-order valence-electron chi connectivity index (χ0n) is 16.6. The Morgan fingerprint density at radius 1 is 1.11 bits per heavy atom. The SMILES string of the molecule is Cc1ccc(S(=O)(=O)NC(CN2CC(CO)CCC2C)c2ccccc2)cc1. The van der Waals surface area contributed by atoms with Crippen LogP contribution < -0.4 is 4.72 Å². The molecule has 0 aliphatic carbocycles. The first kappa shape index (κ1) is 21.0. The molecule has 2 N–H and O–H groups in total. The summed E-state index contributed by atoms with van der Waals surface area (Å²) in [4.78, 5) is 2.57. The summed E-state index contributed by atoms with van der Waals surface area (Å²) in [6, 6.07) is 16.6. The Kier molecular flexibility index (Phi) is 6.88. The van der Waals surface area contributed by atoms with Gasteiger partial charge in [0.1, 0.15) is 0 Å². The molecule has 1 fully saturated rings. The van der Waals surface area contributed by atoms with Crippen LogP contribution in [0, 0.1) is 12.8 Å². The van der Waals surface area contributed by atoms with Crippen LogP contribution >= 0.6 is 0 Å². The molecule has 1 heterocycles. The fourth-order valence-electron chi connectivity index (χ4n) is 3.77. The maximum absolute atomic E-state index is 13.0. The van der Waals surface area contributed by atoms with Crippen LogP contribution in [0.1, 0.15) is 36.9 Å². The summed E-state index contributed by atoms with van der Waals surface area (Å²) in [6.45, 7) is 5.64. The van der Waals surface area contributed by atoms with Gasteiger partial charge in [-0.2, -0.15) is 0 Å². The number of sulfonamides is 1. The van der Waals surface area contributed by atoms with Crippen molar-refractivity contribution in [1.82, 2.24) is 9.62 Å². The normalized spacial score (nSPS) is 22.1. The minimum absolute atomic E-state index is 0.175. The Morgan fingerprint density at radius 3 is 2.43 bits per heavy atom. The van der Waals surface area contributed by atoms with Crippen molar-refractivity contribution >= 4 is 10.0 Å². The molecule has 0 saturated carbocycles. The standard InChI is InChI=1S/C22H30N2O3S/c1-17-8-12-21(13-9-17)28(26,27)23-22(20-6-4-3-5-7-20)15-24-14-19(16-25)11-10-18(24)2/h3-9,12-13,18-19,22-23,25H,10-11,14-16H2,1-2H3. The van der Waals surface area contributed by atoms with E-state index in [1.807, 2.05) is 49.4 Å². The van der Waals surface area contributed by atoms with Gasteiger partial charge in [-0.1, -0.05) is 48.0 Å². The zero-order chi connectivity index (χ0) is 20.1. The molecule has 1 aliphatic rings. The highest BCUT2D eigenvalue weighted by Gasteiger charge is 2.29. The van der Waals surface area contributed by atoms with E-state index in [4.69, 9.17) is 0 Å². The third kappa shape index (κ3) is 5.20. The van der Waals surface area contributed by atoms with E-state index in [-0.39, 0.29) is 23.5 Å². The lowest BCUT2D eigenvalue weighted by molar-refractivity contribution is 0.0767. The van der Waals surface area contributed by atoms with Gasteiger partial charge < -0.3 is 5.11 Å². The number of aliphatic hydroxyl groups is 1. The lowest BCUT2D eigenvalue weighted by Crippen LogP contribution is -2.47. The first-order valence-electron chi connectivity index (χ1n) is 9.88. The molecule has 5 nitrogen and oxygen atoms in total. The maximum atomic E-state index is 13.0. The van der Waals surface area contributed by atoms with Crippen LogP contribution in [0.2, 0.25) is 0 Å². The van der Waals surface area contributed by atoms with Crippen LogP contribution in [0.15, 0.2) is 59.5 Å². The van der Waals surface area contributed by atoms with Gasteiger partial charge >= 0.3 is 0 Å². The van der Waals surface area contributed by atoms with Crippen LogP contribution in [-0.2, 0) is 10.0 Å². The van der Waals surface area contributed by atoms with Gasteiger partial charge in [-0.15, -0.1) is 0 Å². The summed E-state index contributed by atoms with van der Waals surface area (Å²) in [7, 11) is -3.64. The van der Waals surface area contributed by atoms with Crippen molar-refractivity contribution in [2.24, 2.45) is 5.92 Å². The van der Waals surface area contributed by atoms with E-state index in [1.54, 1.807) is 12.1 Å². The topological polar surface area (TPSA) is 69.6 Å². The third-order valence-electron chi connectivity index (χ3n) is 5.61. The number of aryl methyl sites for hydroxylation is 1. The summed E-state index contributed by atoms with van der Waals surface area (Å²) >= 11 is 0. The van der Waals surface area contributed by atoms with E-state index in [1.165, 1.54) is 0 Å². The number of nitrogens with one attached hydrogen (secondary N) is 1. The Morgan fingerprint density at radius 2 is 1.79 bits per heavy atom. The lowest BCUT2D eigenvalue weighted by atomic mass is 9.93. The Bertz CT molecular complexity index is 853. The van der Waals surface area contributed by atoms with Crippen molar-refractivity contribution in [2.45, 2.75) is 43.7 Å². The highest BCUT2D eigenvalue weighted by atomic mass is 32.2.